The number of para-hydroxylation sites is 1. The zero-order chi connectivity index (χ0) is 15.7. The fraction of sp³-hybridized carbons (Fsp3) is 0.467. The molecule has 5 nitrogen and oxygen atoms in total. The van der Waals surface area contributed by atoms with Gasteiger partial charge in [-0.3, -0.25) is 9.59 Å². The quantitative estimate of drug-likeness (QED) is 0.859. The number of carbonyl (C=O) groups is 2. The third-order valence-electron chi connectivity index (χ3n) is 4.09. The number of benzene rings is 1. The summed E-state index contributed by atoms with van der Waals surface area (Å²) >= 11 is 12.1. The number of hydrogen-bond donors (Lipinski definition) is 1. The molecule has 7 heteroatoms. The Balaban J connectivity index is 1.75. The number of anilines is 1. The van der Waals surface area contributed by atoms with Gasteiger partial charge in [-0.05, 0) is 25.0 Å². The highest BCUT2D eigenvalue weighted by Crippen LogP contribution is 2.49. The average molecular weight is 343 g/mol. The van der Waals surface area contributed by atoms with Gasteiger partial charge in [0, 0.05) is 13.1 Å². The molecular weight excluding hydrogens is 327 g/mol. The standard InChI is InChI=1S/C15H16Cl2N2O3/c16-10-2-1-3-11(17)12(10)18-13(20)15(4-5-15)14(21)19-6-8-22-9-7-19/h1-3H,4-9H2,(H,18,20). The van der Waals surface area contributed by atoms with Crippen LogP contribution in [0, 0.1) is 5.41 Å². The molecule has 1 aromatic rings. The summed E-state index contributed by atoms with van der Waals surface area (Å²) in [5.41, 5.74) is -0.614. The Kier molecular flexibility index (Phi) is 4.30. The summed E-state index contributed by atoms with van der Waals surface area (Å²) in [6.45, 7) is 2.08. The van der Waals surface area contributed by atoms with Crippen LogP contribution in [-0.2, 0) is 14.3 Å². The van der Waals surface area contributed by atoms with Gasteiger partial charge in [0.05, 0.1) is 28.9 Å². The van der Waals surface area contributed by atoms with Gasteiger partial charge in [0.1, 0.15) is 5.41 Å². The third-order valence-corrected chi connectivity index (χ3v) is 4.72. The monoisotopic (exact) mass is 342 g/mol. The van der Waals surface area contributed by atoms with E-state index in [2.05, 4.69) is 5.32 Å². The minimum atomic E-state index is -0.972. The predicted molar refractivity (Wildman–Crippen MR) is 84.2 cm³/mol. The van der Waals surface area contributed by atoms with Crippen molar-refractivity contribution >= 4 is 40.7 Å². The maximum atomic E-state index is 12.6. The second-order valence-electron chi connectivity index (χ2n) is 5.54. The highest BCUT2D eigenvalue weighted by Gasteiger charge is 2.58. The molecule has 1 saturated carbocycles. The molecule has 2 amide bonds. The first-order chi connectivity index (χ1) is 10.5. The molecule has 0 radical (unpaired) electrons. The minimum absolute atomic E-state index is 0.128. The lowest BCUT2D eigenvalue weighted by Gasteiger charge is -2.30. The van der Waals surface area contributed by atoms with E-state index in [1.165, 1.54) is 0 Å². The van der Waals surface area contributed by atoms with Crippen molar-refractivity contribution in [3.8, 4) is 0 Å². The van der Waals surface area contributed by atoms with Crippen LogP contribution in [0.25, 0.3) is 0 Å². The van der Waals surface area contributed by atoms with Crippen LogP contribution >= 0.6 is 23.2 Å². The SMILES string of the molecule is O=C(Nc1c(Cl)cccc1Cl)C1(C(=O)N2CCOCC2)CC1. The normalized spacial score (nSPS) is 19.6. The zero-order valence-corrected chi connectivity index (χ0v) is 13.4. The van der Waals surface area contributed by atoms with Crippen LogP contribution in [0.15, 0.2) is 18.2 Å². The van der Waals surface area contributed by atoms with Gasteiger partial charge in [0.25, 0.3) is 0 Å². The molecule has 0 aromatic heterocycles. The highest BCUT2D eigenvalue weighted by molar-refractivity contribution is 6.40. The molecule has 2 aliphatic rings. The predicted octanol–water partition coefficient (Wildman–Crippen LogP) is 2.57. The Morgan fingerprint density at radius 1 is 1.14 bits per heavy atom. The Morgan fingerprint density at radius 2 is 1.73 bits per heavy atom. The van der Waals surface area contributed by atoms with Crippen molar-refractivity contribution in [2.24, 2.45) is 5.41 Å². The van der Waals surface area contributed by atoms with Crippen molar-refractivity contribution in [3.63, 3.8) is 0 Å². The molecule has 118 valence electrons. The first kappa shape index (κ1) is 15.6. The van der Waals surface area contributed by atoms with Crippen LogP contribution in [0.5, 0.6) is 0 Å². The molecule has 3 rings (SSSR count). The van der Waals surface area contributed by atoms with Crippen LogP contribution < -0.4 is 5.32 Å². The van der Waals surface area contributed by atoms with E-state index >= 15 is 0 Å². The van der Waals surface area contributed by atoms with E-state index in [0.29, 0.717) is 54.9 Å². The van der Waals surface area contributed by atoms with Crippen LogP contribution in [0.1, 0.15) is 12.8 Å². The molecule has 0 unspecified atom stereocenters. The van der Waals surface area contributed by atoms with Crippen molar-refractivity contribution in [1.82, 2.24) is 4.90 Å². The van der Waals surface area contributed by atoms with Gasteiger partial charge in [0.2, 0.25) is 11.8 Å². The maximum absolute atomic E-state index is 12.6. The van der Waals surface area contributed by atoms with Crippen molar-refractivity contribution in [1.29, 1.82) is 0 Å². The Hall–Kier alpha value is -1.30. The van der Waals surface area contributed by atoms with Crippen molar-refractivity contribution in [2.45, 2.75) is 12.8 Å². The molecule has 1 N–H and O–H groups in total. The molecule has 22 heavy (non-hydrogen) atoms. The third kappa shape index (κ3) is 2.81. The number of nitrogens with zero attached hydrogens (tertiary/aromatic N) is 1. The molecular formula is C15H16Cl2N2O3. The topological polar surface area (TPSA) is 58.6 Å². The summed E-state index contributed by atoms with van der Waals surface area (Å²) in [5.74, 6) is -0.463. The van der Waals surface area contributed by atoms with Crippen LogP contribution in [0.3, 0.4) is 0 Å². The van der Waals surface area contributed by atoms with Crippen LogP contribution in [0.4, 0.5) is 5.69 Å². The molecule has 1 aromatic carbocycles. The van der Waals surface area contributed by atoms with Gasteiger partial charge in [-0.15, -0.1) is 0 Å². The number of halogens is 2. The number of morpholine rings is 1. The number of amides is 2. The van der Waals surface area contributed by atoms with Crippen molar-refractivity contribution < 1.29 is 14.3 Å². The molecule has 1 heterocycles. The fourth-order valence-corrected chi connectivity index (χ4v) is 3.07. The second kappa shape index (κ2) is 6.07. The summed E-state index contributed by atoms with van der Waals surface area (Å²) in [6, 6.07) is 4.99. The van der Waals surface area contributed by atoms with Crippen molar-refractivity contribution in [3.05, 3.63) is 28.2 Å². The van der Waals surface area contributed by atoms with E-state index in [-0.39, 0.29) is 11.8 Å². The molecule has 2 fully saturated rings. The van der Waals surface area contributed by atoms with Gasteiger partial charge in [-0.2, -0.15) is 0 Å². The number of nitrogens with one attached hydrogen (secondary N) is 1. The maximum Gasteiger partial charge on any atom is 0.240 e. The first-order valence-electron chi connectivity index (χ1n) is 7.17. The van der Waals surface area contributed by atoms with E-state index in [1.807, 2.05) is 0 Å². The Morgan fingerprint density at radius 3 is 2.27 bits per heavy atom. The molecule has 0 atom stereocenters. The number of rotatable bonds is 3. The Labute approximate surface area is 138 Å². The summed E-state index contributed by atoms with van der Waals surface area (Å²) in [5, 5.41) is 3.43. The van der Waals surface area contributed by atoms with E-state index < -0.39 is 5.41 Å². The van der Waals surface area contributed by atoms with Crippen molar-refractivity contribution in [2.75, 3.05) is 31.6 Å². The summed E-state index contributed by atoms with van der Waals surface area (Å²) < 4.78 is 5.24. The highest BCUT2D eigenvalue weighted by atomic mass is 35.5. The lowest BCUT2D eigenvalue weighted by atomic mass is 10.0. The van der Waals surface area contributed by atoms with Gasteiger partial charge < -0.3 is 15.0 Å². The first-order valence-corrected chi connectivity index (χ1v) is 7.93. The van der Waals surface area contributed by atoms with E-state index in [4.69, 9.17) is 27.9 Å². The van der Waals surface area contributed by atoms with Gasteiger partial charge >= 0.3 is 0 Å². The molecule has 1 aliphatic heterocycles. The molecule has 0 spiro atoms. The lowest BCUT2D eigenvalue weighted by molar-refractivity contribution is -0.145. The van der Waals surface area contributed by atoms with E-state index in [1.54, 1.807) is 23.1 Å². The summed E-state index contributed by atoms with van der Waals surface area (Å²) in [7, 11) is 0. The van der Waals surface area contributed by atoms with Gasteiger partial charge in [-0.25, -0.2) is 0 Å². The second-order valence-corrected chi connectivity index (χ2v) is 6.35. The van der Waals surface area contributed by atoms with Gasteiger partial charge in [-0.1, -0.05) is 29.3 Å². The van der Waals surface area contributed by atoms with E-state index in [9.17, 15) is 9.59 Å². The molecule has 0 bridgehead atoms. The average Bonchev–Trinajstić information content (AvgIpc) is 3.33. The van der Waals surface area contributed by atoms with Crippen LogP contribution in [0.2, 0.25) is 10.0 Å². The number of hydrogen-bond acceptors (Lipinski definition) is 3. The molecule has 1 saturated heterocycles. The molecule has 1 aliphatic carbocycles. The fourth-order valence-electron chi connectivity index (χ4n) is 2.58. The lowest BCUT2D eigenvalue weighted by Crippen LogP contribution is -2.47. The van der Waals surface area contributed by atoms with E-state index in [0.717, 1.165) is 0 Å². The minimum Gasteiger partial charge on any atom is -0.378 e. The summed E-state index contributed by atoms with van der Waals surface area (Å²) in [6.07, 6.45) is 1.11. The summed E-state index contributed by atoms with van der Waals surface area (Å²) in [4.78, 5) is 26.9. The zero-order valence-electron chi connectivity index (χ0n) is 11.9. The van der Waals surface area contributed by atoms with Crippen LogP contribution in [-0.4, -0.2) is 43.0 Å². The number of carbonyl (C=O) groups excluding carboxylic acids is 2. The smallest absolute Gasteiger partial charge is 0.240 e. The largest absolute Gasteiger partial charge is 0.378 e. The van der Waals surface area contributed by atoms with Gasteiger partial charge in [0.15, 0.2) is 0 Å². The Bertz CT molecular complexity index is 591. The number of ether oxygens (including phenoxy) is 1.